The molecule has 0 aliphatic carbocycles. The number of rotatable bonds is 6. The van der Waals surface area contributed by atoms with E-state index in [4.69, 9.17) is 4.74 Å². The van der Waals surface area contributed by atoms with Crippen LogP contribution in [0.15, 0.2) is 10.9 Å². The van der Waals surface area contributed by atoms with E-state index >= 15 is 0 Å². The SMILES string of the molecule is CCc1nc(NCCCNC(=O)OC(C)(C)C)cc(=O)[nH]1. The van der Waals surface area contributed by atoms with E-state index in [0.29, 0.717) is 37.6 Å². The van der Waals surface area contributed by atoms with Gasteiger partial charge in [0.2, 0.25) is 0 Å². The number of hydrogen-bond donors (Lipinski definition) is 3. The minimum absolute atomic E-state index is 0.170. The van der Waals surface area contributed by atoms with E-state index in [1.165, 1.54) is 6.07 Å². The summed E-state index contributed by atoms with van der Waals surface area (Å²) in [5.74, 6) is 1.20. The molecule has 0 aliphatic rings. The Morgan fingerprint density at radius 2 is 2.10 bits per heavy atom. The molecule has 0 unspecified atom stereocenters. The molecule has 7 nitrogen and oxygen atoms in total. The number of alkyl carbamates (subject to hydrolysis) is 1. The first-order valence-corrected chi connectivity index (χ1v) is 7.11. The highest BCUT2D eigenvalue weighted by atomic mass is 16.6. The minimum atomic E-state index is -0.492. The van der Waals surface area contributed by atoms with E-state index in [-0.39, 0.29) is 5.56 Å². The van der Waals surface area contributed by atoms with Gasteiger partial charge in [0.05, 0.1) is 0 Å². The average Bonchev–Trinajstić information content (AvgIpc) is 2.35. The number of anilines is 1. The standard InChI is InChI=1S/C14H24N4O3/c1-5-10-17-11(9-12(19)18-10)15-7-6-8-16-13(20)21-14(2,3)4/h9H,5-8H2,1-4H3,(H,16,20)(H2,15,17,18,19). The number of aromatic nitrogens is 2. The zero-order valence-electron chi connectivity index (χ0n) is 13.1. The van der Waals surface area contributed by atoms with Gasteiger partial charge < -0.3 is 20.4 Å². The van der Waals surface area contributed by atoms with Gasteiger partial charge in [-0.1, -0.05) is 6.92 Å². The van der Waals surface area contributed by atoms with Crippen LogP contribution in [-0.4, -0.2) is 34.8 Å². The van der Waals surface area contributed by atoms with E-state index < -0.39 is 11.7 Å². The van der Waals surface area contributed by atoms with Crippen LogP contribution in [0.5, 0.6) is 0 Å². The van der Waals surface area contributed by atoms with Crippen LogP contribution < -0.4 is 16.2 Å². The lowest BCUT2D eigenvalue weighted by atomic mass is 10.2. The highest BCUT2D eigenvalue weighted by Crippen LogP contribution is 2.06. The number of nitrogens with one attached hydrogen (secondary N) is 3. The van der Waals surface area contributed by atoms with Crippen molar-refractivity contribution in [1.29, 1.82) is 0 Å². The molecule has 118 valence electrons. The Morgan fingerprint density at radius 1 is 1.38 bits per heavy atom. The molecule has 21 heavy (non-hydrogen) atoms. The number of carbonyl (C=O) groups excluding carboxylic acids is 1. The molecule has 0 atom stereocenters. The second kappa shape index (κ2) is 7.66. The molecule has 0 aliphatic heterocycles. The summed E-state index contributed by atoms with van der Waals surface area (Å²) in [6, 6.07) is 1.42. The van der Waals surface area contributed by atoms with Crippen LogP contribution in [0.1, 0.15) is 39.9 Å². The van der Waals surface area contributed by atoms with Crippen LogP contribution in [0.4, 0.5) is 10.6 Å². The normalized spacial score (nSPS) is 11.0. The topological polar surface area (TPSA) is 96.1 Å². The summed E-state index contributed by atoms with van der Waals surface area (Å²) in [6.07, 6.45) is 0.949. The molecule has 0 aromatic carbocycles. The second-order valence-electron chi connectivity index (χ2n) is 5.64. The average molecular weight is 296 g/mol. The molecule has 1 amide bonds. The smallest absolute Gasteiger partial charge is 0.407 e. The van der Waals surface area contributed by atoms with Crippen molar-refractivity contribution < 1.29 is 9.53 Å². The number of nitrogens with zero attached hydrogens (tertiary/aromatic N) is 1. The predicted octanol–water partition coefficient (Wildman–Crippen LogP) is 1.66. The van der Waals surface area contributed by atoms with Crippen LogP contribution in [0.25, 0.3) is 0 Å². The Balaban J connectivity index is 2.27. The lowest BCUT2D eigenvalue weighted by molar-refractivity contribution is 0.0528. The Bertz CT molecular complexity index is 520. The van der Waals surface area contributed by atoms with Crippen molar-refractivity contribution >= 4 is 11.9 Å². The van der Waals surface area contributed by atoms with Gasteiger partial charge in [-0.25, -0.2) is 9.78 Å². The van der Waals surface area contributed by atoms with Gasteiger partial charge in [-0.15, -0.1) is 0 Å². The number of hydrogen-bond acceptors (Lipinski definition) is 5. The van der Waals surface area contributed by atoms with Crippen LogP contribution in [-0.2, 0) is 11.2 Å². The van der Waals surface area contributed by atoms with Crippen LogP contribution in [0.3, 0.4) is 0 Å². The summed E-state index contributed by atoms with van der Waals surface area (Å²) < 4.78 is 5.12. The maximum absolute atomic E-state index is 11.4. The molecule has 0 radical (unpaired) electrons. The molecule has 0 fully saturated rings. The molecule has 0 saturated carbocycles. The van der Waals surface area contributed by atoms with Gasteiger partial charge in [0.25, 0.3) is 5.56 Å². The van der Waals surface area contributed by atoms with Crippen molar-refractivity contribution in [3.8, 4) is 0 Å². The lowest BCUT2D eigenvalue weighted by Crippen LogP contribution is -2.33. The maximum Gasteiger partial charge on any atom is 0.407 e. The monoisotopic (exact) mass is 296 g/mol. The Kier molecular flexibility index (Phi) is 6.20. The van der Waals surface area contributed by atoms with Gasteiger partial charge >= 0.3 is 6.09 Å². The maximum atomic E-state index is 11.4. The number of aryl methyl sites for hydroxylation is 1. The molecular formula is C14H24N4O3. The molecule has 1 aromatic heterocycles. The van der Waals surface area contributed by atoms with Crippen molar-refractivity contribution in [3.05, 3.63) is 22.2 Å². The van der Waals surface area contributed by atoms with Crippen LogP contribution >= 0.6 is 0 Å². The summed E-state index contributed by atoms with van der Waals surface area (Å²) in [5.41, 5.74) is -0.662. The number of amides is 1. The molecule has 0 spiro atoms. The fraction of sp³-hybridized carbons (Fsp3) is 0.643. The molecule has 0 bridgehead atoms. The fourth-order valence-electron chi connectivity index (χ4n) is 1.58. The number of carbonyl (C=O) groups is 1. The van der Waals surface area contributed by atoms with Gasteiger partial charge in [-0.3, -0.25) is 4.79 Å². The Hall–Kier alpha value is -2.05. The molecule has 1 aromatic rings. The Labute approximate surface area is 124 Å². The fourth-order valence-corrected chi connectivity index (χ4v) is 1.58. The summed E-state index contributed by atoms with van der Waals surface area (Å²) in [6.45, 7) is 8.47. The van der Waals surface area contributed by atoms with E-state index in [0.717, 1.165) is 0 Å². The molecule has 3 N–H and O–H groups in total. The van der Waals surface area contributed by atoms with Crippen molar-refractivity contribution in [2.45, 2.75) is 46.1 Å². The molecule has 1 heterocycles. The number of ether oxygens (including phenoxy) is 1. The van der Waals surface area contributed by atoms with Crippen molar-refractivity contribution in [2.75, 3.05) is 18.4 Å². The van der Waals surface area contributed by atoms with Crippen molar-refractivity contribution in [1.82, 2.24) is 15.3 Å². The van der Waals surface area contributed by atoms with Crippen LogP contribution in [0.2, 0.25) is 0 Å². The molecule has 0 saturated heterocycles. The van der Waals surface area contributed by atoms with Crippen molar-refractivity contribution in [2.24, 2.45) is 0 Å². The van der Waals surface area contributed by atoms with Gasteiger partial charge in [0.1, 0.15) is 17.2 Å². The first-order chi connectivity index (χ1) is 9.80. The lowest BCUT2D eigenvalue weighted by Gasteiger charge is -2.19. The first kappa shape index (κ1) is 17.0. The van der Waals surface area contributed by atoms with E-state index in [1.54, 1.807) is 0 Å². The largest absolute Gasteiger partial charge is 0.444 e. The number of aromatic amines is 1. The van der Waals surface area contributed by atoms with E-state index in [2.05, 4.69) is 20.6 Å². The zero-order chi connectivity index (χ0) is 15.9. The summed E-state index contributed by atoms with van der Waals surface area (Å²) in [4.78, 5) is 29.7. The van der Waals surface area contributed by atoms with Crippen molar-refractivity contribution in [3.63, 3.8) is 0 Å². The van der Waals surface area contributed by atoms with Gasteiger partial charge in [-0.2, -0.15) is 0 Å². The zero-order valence-corrected chi connectivity index (χ0v) is 13.1. The third-order valence-electron chi connectivity index (χ3n) is 2.45. The molecule has 1 rings (SSSR count). The Morgan fingerprint density at radius 3 is 2.71 bits per heavy atom. The first-order valence-electron chi connectivity index (χ1n) is 7.11. The molecular weight excluding hydrogens is 272 g/mol. The van der Waals surface area contributed by atoms with E-state index in [1.807, 2.05) is 27.7 Å². The van der Waals surface area contributed by atoms with E-state index in [9.17, 15) is 9.59 Å². The third-order valence-corrected chi connectivity index (χ3v) is 2.45. The van der Waals surface area contributed by atoms with Gasteiger partial charge in [0.15, 0.2) is 0 Å². The van der Waals surface area contributed by atoms with Gasteiger partial charge in [0, 0.05) is 25.6 Å². The molecule has 7 heteroatoms. The highest BCUT2D eigenvalue weighted by Gasteiger charge is 2.15. The van der Waals surface area contributed by atoms with Gasteiger partial charge in [-0.05, 0) is 27.2 Å². The summed E-state index contributed by atoms with van der Waals surface area (Å²) in [7, 11) is 0. The van der Waals surface area contributed by atoms with Crippen LogP contribution in [0, 0.1) is 0 Å². The number of H-pyrrole nitrogens is 1. The second-order valence-corrected chi connectivity index (χ2v) is 5.64. The summed E-state index contributed by atoms with van der Waals surface area (Å²) in [5, 5.41) is 5.73. The summed E-state index contributed by atoms with van der Waals surface area (Å²) >= 11 is 0. The predicted molar refractivity (Wildman–Crippen MR) is 81.6 cm³/mol. The quantitative estimate of drug-likeness (QED) is 0.694. The minimum Gasteiger partial charge on any atom is -0.444 e. The highest BCUT2D eigenvalue weighted by molar-refractivity contribution is 5.67. The third kappa shape index (κ3) is 7.34.